The first-order valence-corrected chi connectivity index (χ1v) is 6.13. The first kappa shape index (κ1) is 14.8. The summed E-state index contributed by atoms with van der Waals surface area (Å²) in [6, 6.07) is 8.65. The molecule has 0 heterocycles. The number of benzene rings is 1. The monoisotopic (exact) mass is 222 g/mol. The number of rotatable bonds is 4. The molecule has 0 aliphatic heterocycles. The number of anilines is 2. The number of hydrogen-bond acceptors (Lipinski definition) is 2. The van der Waals surface area contributed by atoms with Gasteiger partial charge in [-0.3, -0.25) is 0 Å². The topological polar surface area (TPSA) is 6.48 Å². The molecule has 0 aliphatic carbocycles. The van der Waals surface area contributed by atoms with Crippen LogP contribution in [0.4, 0.5) is 11.4 Å². The van der Waals surface area contributed by atoms with Crippen LogP contribution < -0.4 is 9.80 Å². The van der Waals surface area contributed by atoms with E-state index in [0.29, 0.717) is 0 Å². The summed E-state index contributed by atoms with van der Waals surface area (Å²) in [5.74, 6) is 0. The lowest BCUT2D eigenvalue weighted by Crippen LogP contribution is -2.17. The van der Waals surface area contributed by atoms with E-state index in [0.717, 1.165) is 6.54 Å². The lowest BCUT2D eigenvalue weighted by molar-refractivity contribution is 0.852. The smallest absolute Gasteiger partial charge is 0.0365 e. The predicted molar refractivity (Wildman–Crippen MR) is 75.7 cm³/mol. The zero-order valence-corrected chi connectivity index (χ0v) is 11.6. The van der Waals surface area contributed by atoms with Gasteiger partial charge in [-0.1, -0.05) is 20.8 Å². The predicted octanol–water partition coefficient (Wildman–Crippen LogP) is 3.63. The zero-order chi connectivity index (χ0) is 12.6. The summed E-state index contributed by atoms with van der Waals surface area (Å²) in [6.45, 7) is 7.31. The maximum atomic E-state index is 2.28. The highest BCUT2D eigenvalue weighted by Crippen LogP contribution is 2.18. The van der Waals surface area contributed by atoms with Crippen molar-refractivity contribution in [1.82, 2.24) is 0 Å². The standard InChI is InChI=1S/C12H20N2.C2H6/c1-5-10-14(4)12-8-6-11(7-9-12)13(2)3;1-2/h6-9H,5,10H2,1-4H3;1-2H3. The Morgan fingerprint density at radius 2 is 1.31 bits per heavy atom. The van der Waals surface area contributed by atoms with E-state index in [1.54, 1.807) is 0 Å². The van der Waals surface area contributed by atoms with Crippen molar-refractivity contribution in [3.63, 3.8) is 0 Å². The van der Waals surface area contributed by atoms with Crippen molar-refractivity contribution in [2.24, 2.45) is 0 Å². The van der Waals surface area contributed by atoms with Crippen LogP contribution in [-0.4, -0.2) is 27.7 Å². The first-order valence-electron chi connectivity index (χ1n) is 6.13. The van der Waals surface area contributed by atoms with Gasteiger partial charge in [0, 0.05) is 39.1 Å². The fourth-order valence-electron chi connectivity index (χ4n) is 1.47. The van der Waals surface area contributed by atoms with Crippen molar-refractivity contribution in [2.75, 3.05) is 37.5 Å². The van der Waals surface area contributed by atoms with Crippen LogP contribution in [0.3, 0.4) is 0 Å². The van der Waals surface area contributed by atoms with Crippen molar-refractivity contribution in [3.05, 3.63) is 24.3 Å². The molecule has 0 amide bonds. The zero-order valence-electron chi connectivity index (χ0n) is 11.6. The Kier molecular flexibility index (Phi) is 7.44. The minimum absolute atomic E-state index is 1.11. The van der Waals surface area contributed by atoms with Gasteiger partial charge in [-0.15, -0.1) is 0 Å². The molecular formula is C14H26N2. The van der Waals surface area contributed by atoms with Gasteiger partial charge in [0.2, 0.25) is 0 Å². The Balaban J connectivity index is 0.00000106. The van der Waals surface area contributed by atoms with Gasteiger partial charge in [0.25, 0.3) is 0 Å². The van der Waals surface area contributed by atoms with Gasteiger partial charge in [0.1, 0.15) is 0 Å². The van der Waals surface area contributed by atoms with Crippen LogP contribution in [0, 0.1) is 0 Å². The Morgan fingerprint density at radius 3 is 1.69 bits per heavy atom. The Labute approximate surface area is 101 Å². The summed E-state index contributed by atoms with van der Waals surface area (Å²) in [6.07, 6.45) is 1.19. The molecule has 0 saturated carbocycles. The van der Waals surface area contributed by atoms with Gasteiger partial charge in [-0.05, 0) is 30.7 Å². The van der Waals surface area contributed by atoms with Crippen LogP contribution in [-0.2, 0) is 0 Å². The SMILES string of the molecule is CC.CCCN(C)c1ccc(N(C)C)cc1. The summed E-state index contributed by atoms with van der Waals surface area (Å²) in [5, 5.41) is 0. The summed E-state index contributed by atoms with van der Waals surface area (Å²) >= 11 is 0. The van der Waals surface area contributed by atoms with Crippen LogP contribution in [0.2, 0.25) is 0 Å². The second-order valence-electron chi connectivity index (χ2n) is 3.83. The molecule has 0 bridgehead atoms. The first-order chi connectivity index (χ1) is 7.65. The summed E-state index contributed by atoms with van der Waals surface area (Å²) in [7, 11) is 6.25. The normalized spacial score (nSPS) is 9.12. The highest BCUT2D eigenvalue weighted by Gasteiger charge is 1.99. The Bertz CT molecular complexity index is 265. The molecular weight excluding hydrogens is 196 g/mol. The van der Waals surface area contributed by atoms with Crippen molar-refractivity contribution in [3.8, 4) is 0 Å². The molecule has 0 N–H and O–H groups in total. The molecule has 0 radical (unpaired) electrons. The second-order valence-corrected chi connectivity index (χ2v) is 3.83. The average Bonchev–Trinajstić information content (AvgIpc) is 2.32. The molecule has 0 aromatic heterocycles. The maximum absolute atomic E-state index is 2.28. The number of nitrogens with zero attached hydrogens (tertiary/aromatic N) is 2. The van der Waals surface area contributed by atoms with Gasteiger partial charge in [-0.25, -0.2) is 0 Å². The Hall–Kier alpha value is -1.18. The van der Waals surface area contributed by atoms with Gasteiger partial charge in [0.15, 0.2) is 0 Å². The minimum Gasteiger partial charge on any atom is -0.378 e. The molecule has 0 unspecified atom stereocenters. The summed E-state index contributed by atoms with van der Waals surface area (Å²) in [4.78, 5) is 4.39. The van der Waals surface area contributed by atoms with Crippen molar-refractivity contribution in [1.29, 1.82) is 0 Å². The van der Waals surface area contributed by atoms with Crippen LogP contribution >= 0.6 is 0 Å². The van der Waals surface area contributed by atoms with E-state index in [1.807, 2.05) is 13.8 Å². The molecule has 92 valence electrons. The highest BCUT2D eigenvalue weighted by molar-refractivity contribution is 5.55. The van der Waals surface area contributed by atoms with Crippen LogP contribution in [0.15, 0.2) is 24.3 Å². The minimum atomic E-state index is 1.11. The van der Waals surface area contributed by atoms with Gasteiger partial charge < -0.3 is 9.80 Å². The average molecular weight is 222 g/mol. The third kappa shape index (κ3) is 4.56. The second kappa shape index (κ2) is 8.03. The van der Waals surface area contributed by atoms with E-state index in [2.05, 4.69) is 62.1 Å². The Morgan fingerprint density at radius 1 is 0.875 bits per heavy atom. The van der Waals surface area contributed by atoms with Crippen molar-refractivity contribution < 1.29 is 0 Å². The fourth-order valence-corrected chi connectivity index (χ4v) is 1.47. The molecule has 1 rings (SSSR count). The van der Waals surface area contributed by atoms with E-state index in [-0.39, 0.29) is 0 Å². The molecule has 0 atom stereocenters. The van der Waals surface area contributed by atoms with E-state index in [1.165, 1.54) is 17.8 Å². The van der Waals surface area contributed by atoms with Crippen molar-refractivity contribution in [2.45, 2.75) is 27.2 Å². The van der Waals surface area contributed by atoms with Gasteiger partial charge in [-0.2, -0.15) is 0 Å². The van der Waals surface area contributed by atoms with E-state index in [9.17, 15) is 0 Å². The summed E-state index contributed by atoms with van der Waals surface area (Å²) < 4.78 is 0. The molecule has 1 aromatic rings. The van der Waals surface area contributed by atoms with E-state index >= 15 is 0 Å². The van der Waals surface area contributed by atoms with E-state index < -0.39 is 0 Å². The number of hydrogen-bond donors (Lipinski definition) is 0. The quantitative estimate of drug-likeness (QED) is 0.767. The molecule has 0 fully saturated rings. The van der Waals surface area contributed by atoms with Crippen molar-refractivity contribution >= 4 is 11.4 Å². The molecule has 1 aromatic carbocycles. The lowest BCUT2D eigenvalue weighted by Gasteiger charge is -2.19. The fraction of sp³-hybridized carbons (Fsp3) is 0.571. The molecule has 16 heavy (non-hydrogen) atoms. The third-order valence-corrected chi connectivity index (χ3v) is 2.37. The molecule has 2 nitrogen and oxygen atoms in total. The van der Waals surface area contributed by atoms with E-state index in [4.69, 9.17) is 0 Å². The molecule has 2 heteroatoms. The maximum Gasteiger partial charge on any atom is 0.0365 e. The molecule has 0 spiro atoms. The highest BCUT2D eigenvalue weighted by atomic mass is 15.1. The van der Waals surface area contributed by atoms with Gasteiger partial charge in [0.05, 0.1) is 0 Å². The largest absolute Gasteiger partial charge is 0.378 e. The van der Waals surface area contributed by atoms with Crippen LogP contribution in [0.25, 0.3) is 0 Å². The lowest BCUT2D eigenvalue weighted by atomic mass is 10.2. The summed E-state index contributed by atoms with van der Waals surface area (Å²) in [5.41, 5.74) is 2.54. The molecule has 0 saturated heterocycles. The third-order valence-electron chi connectivity index (χ3n) is 2.37. The molecule has 0 aliphatic rings. The van der Waals surface area contributed by atoms with Crippen LogP contribution in [0.1, 0.15) is 27.2 Å². The van der Waals surface area contributed by atoms with Crippen LogP contribution in [0.5, 0.6) is 0 Å². The van der Waals surface area contributed by atoms with Gasteiger partial charge >= 0.3 is 0 Å².